The van der Waals surface area contributed by atoms with E-state index in [-0.39, 0.29) is 5.91 Å². The van der Waals surface area contributed by atoms with E-state index in [4.69, 9.17) is 0 Å². The normalized spacial score (nSPS) is 28.2. The van der Waals surface area contributed by atoms with Crippen molar-refractivity contribution < 1.29 is 4.79 Å². The van der Waals surface area contributed by atoms with Gasteiger partial charge in [-0.25, -0.2) is 0 Å². The zero-order chi connectivity index (χ0) is 13.7. The fraction of sp³-hybridized carbons (Fsp3) is 0.500. The summed E-state index contributed by atoms with van der Waals surface area (Å²) in [7, 11) is 0. The van der Waals surface area contributed by atoms with Gasteiger partial charge in [0.25, 0.3) is 5.91 Å². The molecule has 1 heterocycles. The first-order valence-corrected chi connectivity index (χ1v) is 7.80. The third-order valence-electron chi connectivity index (χ3n) is 5.54. The van der Waals surface area contributed by atoms with E-state index < -0.39 is 0 Å². The second-order valence-electron chi connectivity index (χ2n) is 6.59. The van der Waals surface area contributed by atoms with E-state index in [0.29, 0.717) is 0 Å². The molecule has 2 unspecified atom stereocenters. The van der Waals surface area contributed by atoms with Crippen LogP contribution in [-0.2, 0) is 6.54 Å². The van der Waals surface area contributed by atoms with Crippen molar-refractivity contribution in [2.24, 2.45) is 11.8 Å². The molecule has 1 saturated carbocycles. The van der Waals surface area contributed by atoms with Gasteiger partial charge >= 0.3 is 0 Å². The van der Waals surface area contributed by atoms with Crippen LogP contribution < -0.4 is 0 Å². The minimum atomic E-state index is 0.224. The number of rotatable bonds is 2. The zero-order valence-corrected chi connectivity index (χ0v) is 12.1. The molecule has 2 heteroatoms. The minimum Gasteiger partial charge on any atom is -0.330 e. The average molecular weight is 267 g/mol. The number of allylic oxidation sites excluding steroid dienone is 1. The van der Waals surface area contributed by atoms with Crippen LogP contribution >= 0.6 is 0 Å². The number of benzene rings is 1. The van der Waals surface area contributed by atoms with Crippen molar-refractivity contribution in [3.05, 3.63) is 46.5 Å². The Morgan fingerprint density at radius 3 is 2.80 bits per heavy atom. The predicted molar refractivity (Wildman–Crippen MR) is 79.3 cm³/mol. The summed E-state index contributed by atoms with van der Waals surface area (Å²) in [5, 5.41) is 0. The first-order chi connectivity index (χ1) is 9.74. The molecule has 3 aliphatic rings. The Morgan fingerprint density at radius 2 is 2.00 bits per heavy atom. The van der Waals surface area contributed by atoms with Crippen LogP contribution in [-0.4, -0.2) is 17.4 Å². The van der Waals surface area contributed by atoms with E-state index in [9.17, 15) is 4.79 Å². The Labute approximate surface area is 120 Å². The van der Waals surface area contributed by atoms with Gasteiger partial charge in [-0.05, 0) is 55.2 Å². The molecule has 2 nitrogen and oxygen atoms in total. The molecule has 20 heavy (non-hydrogen) atoms. The number of amides is 1. The van der Waals surface area contributed by atoms with E-state index in [2.05, 4.69) is 13.0 Å². The van der Waals surface area contributed by atoms with Crippen LogP contribution in [0.3, 0.4) is 0 Å². The van der Waals surface area contributed by atoms with E-state index in [1.807, 2.05) is 23.1 Å². The van der Waals surface area contributed by atoms with Crippen molar-refractivity contribution in [1.82, 2.24) is 4.90 Å². The molecule has 0 radical (unpaired) electrons. The van der Waals surface area contributed by atoms with Gasteiger partial charge < -0.3 is 4.90 Å². The molecular weight excluding hydrogens is 246 g/mol. The van der Waals surface area contributed by atoms with Crippen LogP contribution in [0.25, 0.3) is 0 Å². The van der Waals surface area contributed by atoms with Crippen molar-refractivity contribution >= 4 is 5.91 Å². The van der Waals surface area contributed by atoms with Crippen LogP contribution in [0.4, 0.5) is 0 Å². The summed E-state index contributed by atoms with van der Waals surface area (Å²) in [4.78, 5) is 14.5. The van der Waals surface area contributed by atoms with Gasteiger partial charge in [0.1, 0.15) is 0 Å². The van der Waals surface area contributed by atoms with E-state index >= 15 is 0 Å². The third kappa shape index (κ3) is 1.74. The molecular formula is C18H21NO. The summed E-state index contributed by atoms with van der Waals surface area (Å²) in [6.45, 7) is 3.96. The maximum Gasteiger partial charge on any atom is 0.254 e. The zero-order valence-electron chi connectivity index (χ0n) is 12.1. The molecule has 2 bridgehead atoms. The quantitative estimate of drug-likeness (QED) is 0.747. The van der Waals surface area contributed by atoms with Gasteiger partial charge in [-0.15, -0.1) is 0 Å². The van der Waals surface area contributed by atoms with Gasteiger partial charge in [0.15, 0.2) is 0 Å². The lowest BCUT2D eigenvalue weighted by Gasteiger charge is -2.23. The number of nitrogens with zero attached hydrogens (tertiary/aromatic N) is 1. The molecule has 0 N–H and O–H groups in total. The summed E-state index contributed by atoms with van der Waals surface area (Å²) in [6.07, 6.45) is 5.40. The number of carbonyl (C=O) groups excluding carboxylic acids is 1. The number of hydrogen-bond donors (Lipinski definition) is 0. The summed E-state index contributed by atoms with van der Waals surface area (Å²) >= 11 is 0. The standard InChI is InChI=1S/C18H21NO/c1-12-13-6-4-7-14(9-13)17(12)11-19-10-15-5-2-3-8-16(15)18(19)20/h2-3,5,8,13-14H,4,6-7,9-11H2,1H3. The largest absolute Gasteiger partial charge is 0.330 e. The number of fused-ring (bicyclic) bond motifs is 3. The highest BCUT2D eigenvalue weighted by molar-refractivity contribution is 5.98. The Hall–Kier alpha value is -1.57. The van der Waals surface area contributed by atoms with Crippen LogP contribution in [0, 0.1) is 11.8 Å². The Balaban J connectivity index is 1.58. The fourth-order valence-corrected chi connectivity index (χ4v) is 4.39. The minimum absolute atomic E-state index is 0.224. The highest BCUT2D eigenvalue weighted by Crippen LogP contribution is 2.46. The molecule has 2 atom stereocenters. The lowest BCUT2D eigenvalue weighted by atomic mass is 9.85. The van der Waals surface area contributed by atoms with Crippen LogP contribution in [0.1, 0.15) is 48.5 Å². The molecule has 2 aliphatic carbocycles. The van der Waals surface area contributed by atoms with Gasteiger partial charge in [-0.2, -0.15) is 0 Å². The van der Waals surface area contributed by atoms with Gasteiger partial charge in [-0.1, -0.05) is 30.2 Å². The monoisotopic (exact) mass is 267 g/mol. The van der Waals surface area contributed by atoms with Gasteiger partial charge in [0, 0.05) is 18.7 Å². The Bertz CT molecular complexity index is 601. The van der Waals surface area contributed by atoms with Gasteiger partial charge in [-0.3, -0.25) is 4.79 Å². The van der Waals surface area contributed by atoms with Crippen molar-refractivity contribution in [3.8, 4) is 0 Å². The molecule has 0 aromatic heterocycles. The Kier molecular flexibility index (Phi) is 2.73. The summed E-state index contributed by atoms with van der Waals surface area (Å²) < 4.78 is 0. The van der Waals surface area contributed by atoms with Crippen molar-refractivity contribution in [2.75, 3.05) is 6.54 Å². The van der Waals surface area contributed by atoms with Crippen molar-refractivity contribution in [2.45, 2.75) is 39.2 Å². The maximum atomic E-state index is 12.5. The molecule has 1 aromatic rings. The average Bonchev–Trinajstić information content (AvgIpc) is 2.90. The van der Waals surface area contributed by atoms with E-state index in [1.54, 1.807) is 11.1 Å². The molecule has 0 spiro atoms. The Morgan fingerprint density at radius 1 is 1.20 bits per heavy atom. The summed E-state index contributed by atoms with van der Waals surface area (Å²) in [5.74, 6) is 1.79. The van der Waals surface area contributed by atoms with E-state index in [1.165, 1.54) is 31.2 Å². The molecule has 1 aliphatic heterocycles. The number of carbonyl (C=O) groups is 1. The predicted octanol–water partition coefficient (Wildman–Crippen LogP) is 3.78. The van der Waals surface area contributed by atoms with Gasteiger partial charge in [0.05, 0.1) is 0 Å². The second kappa shape index (κ2) is 4.47. The van der Waals surface area contributed by atoms with Crippen LogP contribution in [0.5, 0.6) is 0 Å². The van der Waals surface area contributed by atoms with Crippen LogP contribution in [0.2, 0.25) is 0 Å². The highest BCUT2D eigenvalue weighted by Gasteiger charge is 2.36. The molecule has 4 rings (SSSR count). The molecule has 1 aromatic carbocycles. The second-order valence-corrected chi connectivity index (χ2v) is 6.59. The van der Waals surface area contributed by atoms with Crippen LogP contribution in [0.15, 0.2) is 35.4 Å². The first kappa shape index (κ1) is 12.2. The lowest BCUT2D eigenvalue weighted by Crippen LogP contribution is -2.27. The highest BCUT2D eigenvalue weighted by atomic mass is 16.2. The first-order valence-electron chi connectivity index (χ1n) is 7.80. The van der Waals surface area contributed by atoms with Crippen molar-refractivity contribution in [1.29, 1.82) is 0 Å². The van der Waals surface area contributed by atoms with Gasteiger partial charge in [0.2, 0.25) is 0 Å². The summed E-state index contributed by atoms with van der Waals surface area (Å²) in [5.41, 5.74) is 5.27. The summed E-state index contributed by atoms with van der Waals surface area (Å²) in [6, 6.07) is 8.05. The molecule has 0 saturated heterocycles. The smallest absolute Gasteiger partial charge is 0.254 e. The number of hydrogen-bond acceptors (Lipinski definition) is 1. The van der Waals surface area contributed by atoms with Crippen molar-refractivity contribution in [3.63, 3.8) is 0 Å². The SMILES string of the molecule is CC1=C(CN2Cc3ccccc3C2=O)C2CCCC1C2. The molecule has 1 fully saturated rings. The maximum absolute atomic E-state index is 12.5. The third-order valence-corrected chi connectivity index (χ3v) is 5.54. The van der Waals surface area contributed by atoms with E-state index in [0.717, 1.165) is 30.5 Å². The molecule has 1 amide bonds. The lowest BCUT2D eigenvalue weighted by molar-refractivity contribution is 0.0789. The topological polar surface area (TPSA) is 20.3 Å². The fourth-order valence-electron chi connectivity index (χ4n) is 4.39. The molecule has 104 valence electrons.